The van der Waals surface area contributed by atoms with Gasteiger partial charge in [0.2, 0.25) is 0 Å². The normalized spacial score (nSPS) is 12.8. The van der Waals surface area contributed by atoms with Crippen molar-refractivity contribution in [2.24, 2.45) is 5.73 Å². The Hall–Kier alpha value is -1.36. The number of H-pyrrole nitrogens is 1. The standard InChI is InChI=1S/C7H11N3O2/c1-4-2-5(10-9-4)3-6(8)7(11)12/h2,6H,3,8H2,1H3,(H,9,10)(H,11,12). The molecule has 1 aromatic rings. The van der Waals surface area contributed by atoms with E-state index in [0.717, 1.165) is 5.69 Å². The van der Waals surface area contributed by atoms with Gasteiger partial charge < -0.3 is 10.8 Å². The second-order valence-electron chi connectivity index (χ2n) is 2.69. The Kier molecular flexibility index (Phi) is 2.44. The summed E-state index contributed by atoms with van der Waals surface area (Å²) in [6, 6.07) is 0.913. The molecule has 0 spiro atoms. The molecule has 0 bridgehead atoms. The SMILES string of the molecule is Cc1cc(CC(N)C(=O)O)n[nH]1. The maximum Gasteiger partial charge on any atom is 0.320 e. The van der Waals surface area contributed by atoms with E-state index in [2.05, 4.69) is 10.2 Å². The van der Waals surface area contributed by atoms with Gasteiger partial charge in [0.1, 0.15) is 6.04 Å². The van der Waals surface area contributed by atoms with Crippen molar-refractivity contribution in [1.29, 1.82) is 0 Å². The number of nitrogens with two attached hydrogens (primary N) is 1. The molecule has 12 heavy (non-hydrogen) atoms. The fourth-order valence-corrected chi connectivity index (χ4v) is 0.892. The van der Waals surface area contributed by atoms with E-state index in [4.69, 9.17) is 10.8 Å². The van der Waals surface area contributed by atoms with E-state index in [9.17, 15) is 4.79 Å². The predicted octanol–water partition coefficient (Wildman–Crippen LogP) is -0.327. The van der Waals surface area contributed by atoms with Crippen LogP contribution in [0.25, 0.3) is 0 Å². The maximum atomic E-state index is 10.3. The van der Waals surface area contributed by atoms with Gasteiger partial charge in [0.25, 0.3) is 0 Å². The minimum Gasteiger partial charge on any atom is -0.480 e. The maximum absolute atomic E-state index is 10.3. The minimum atomic E-state index is -1.00. The quantitative estimate of drug-likeness (QED) is 0.577. The lowest BCUT2D eigenvalue weighted by Crippen LogP contribution is -2.32. The van der Waals surface area contributed by atoms with Gasteiger partial charge in [-0.2, -0.15) is 5.10 Å². The Morgan fingerprint density at radius 1 is 1.92 bits per heavy atom. The number of aromatic nitrogens is 2. The molecule has 0 aliphatic rings. The average molecular weight is 169 g/mol. The minimum absolute atomic E-state index is 0.264. The summed E-state index contributed by atoms with van der Waals surface area (Å²) in [6.07, 6.45) is 0.264. The molecule has 0 saturated heterocycles. The van der Waals surface area contributed by atoms with Crippen LogP contribution in [0.4, 0.5) is 0 Å². The van der Waals surface area contributed by atoms with E-state index in [0.29, 0.717) is 5.69 Å². The van der Waals surface area contributed by atoms with Crippen molar-refractivity contribution < 1.29 is 9.90 Å². The van der Waals surface area contributed by atoms with E-state index < -0.39 is 12.0 Å². The van der Waals surface area contributed by atoms with E-state index >= 15 is 0 Å². The number of hydrogen-bond acceptors (Lipinski definition) is 3. The third-order valence-corrected chi connectivity index (χ3v) is 1.51. The van der Waals surface area contributed by atoms with Crippen LogP contribution in [0.5, 0.6) is 0 Å². The second-order valence-corrected chi connectivity index (χ2v) is 2.69. The van der Waals surface area contributed by atoms with Crippen LogP contribution in [0.2, 0.25) is 0 Å². The molecule has 66 valence electrons. The van der Waals surface area contributed by atoms with Crippen molar-refractivity contribution in [2.45, 2.75) is 19.4 Å². The third-order valence-electron chi connectivity index (χ3n) is 1.51. The summed E-state index contributed by atoms with van der Waals surface area (Å²) >= 11 is 0. The first-order valence-corrected chi connectivity index (χ1v) is 3.59. The molecule has 0 aliphatic carbocycles. The summed E-state index contributed by atoms with van der Waals surface area (Å²) in [4.78, 5) is 10.3. The van der Waals surface area contributed by atoms with Crippen LogP contribution >= 0.6 is 0 Å². The Morgan fingerprint density at radius 3 is 3.00 bits per heavy atom. The van der Waals surface area contributed by atoms with Crippen LogP contribution in [0, 0.1) is 6.92 Å². The van der Waals surface area contributed by atoms with E-state index in [1.54, 1.807) is 6.07 Å². The number of nitrogens with zero attached hydrogens (tertiary/aromatic N) is 1. The first-order chi connectivity index (χ1) is 5.59. The predicted molar refractivity (Wildman–Crippen MR) is 42.6 cm³/mol. The Labute approximate surface area is 69.6 Å². The fourth-order valence-electron chi connectivity index (χ4n) is 0.892. The van der Waals surface area contributed by atoms with Crippen molar-refractivity contribution in [2.75, 3.05) is 0 Å². The van der Waals surface area contributed by atoms with Crippen molar-refractivity contribution in [3.63, 3.8) is 0 Å². The molecular weight excluding hydrogens is 158 g/mol. The Morgan fingerprint density at radius 2 is 2.58 bits per heavy atom. The molecule has 1 aromatic heterocycles. The van der Waals surface area contributed by atoms with Gasteiger partial charge in [0, 0.05) is 12.1 Å². The number of aromatic amines is 1. The molecule has 0 aliphatic heterocycles. The highest BCUT2D eigenvalue weighted by Gasteiger charge is 2.13. The molecule has 0 amide bonds. The number of carboxylic acids is 1. The molecule has 4 N–H and O–H groups in total. The van der Waals surface area contributed by atoms with Crippen molar-refractivity contribution in [1.82, 2.24) is 10.2 Å². The summed E-state index contributed by atoms with van der Waals surface area (Å²) < 4.78 is 0. The number of nitrogens with one attached hydrogen (secondary N) is 1. The highest BCUT2D eigenvalue weighted by molar-refractivity contribution is 5.73. The van der Waals surface area contributed by atoms with E-state index in [1.165, 1.54) is 0 Å². The first kappa shape index (κ1) is 8.73. The zero-order valence-electron chi connectivity index (χ0n) is 6.74. The van der Waals surface area contributed by atoms with Crippen LogP contribution in [-0.4, -0.2) is 27.3 Å². The van der Waals surface area contributed by atoms with E-state index in [-0.39, 0.29) is 6.42 Å². The monoisotopic (exact) mass is 169 g/mol. The van der Waals surface area contributed by atoms with Gasteiger partial charge in [0.05, 0.1) is 5.69 Å². The smallest absolute Gasteiger partial charge is 0.320 e. The number of aryl methyl sites for hydroxylation is 1. The number of carbonyl (C=O) groups is 1. The zero-order chi connectivity index (χ0) is 9.14. The summed E-state index contributed by atoms with van der Waals surface area (Å²) in [7, 11) is 0. The molecule has 5 heteroatoms. The van der Waals surface area contributed by atoms with Gasteiger partial charge in [-0.15, -0.1) is 0 Å². The summed E-state index contributed by atoms with van der Waals surface area (Å²) in [6.45, 7) is 1.85. The zero-order valence-corrected chi connectivity index (χ0v) is 6.74. The Balaban J connectivity index is 2.58. The topological polar surface area (TPSA) is 92.0 Å². The fraction of sp³-hybridized carbons (Fsp3) is 0.429. The van der Waals surface area contributed by atoms with Gasteiger partial charge in [0.15, 0.2) is 0 Å². The summed E-state index contributed by atoms with van der Waals surface area (Å²) in [5.74, 6) is -1.00. The van der Waals surface area contributed by atoms with Crippen LogP contribution in [0.3, 0.4) is 0 Å². The van der Waals surface area contributed by atoms with Crippen LogP contribution in [-0.2, 0) is 11.2 Å². The number of carboxylic acid groups (broad SMARTS) is 1. The van der Waals surface area contributed by atoms with E-state index in [1.807, 2.05) is 6.92 Å². The summed E-state index contributed by atoms with van der Waals surface area (Å²) in [5.41, 5.74) is 6.89. The van der Waals surface area contributed by atoms with Crippen LogP contribution < -0.4 is 5.73 Å². The lowest BCUT2D eigenvalue weighted by atomic mass is 10.2. The molecule has 0 fully saturated rings. The van der Waals surface area contributed by atoms with Gasteiger partial charge in [-0.25, -0.2) is 0 Å². The lowest BCUT2D eigenvalue weighted by Gasteiger charge is -2.01. The molecule has 1 rings (SSSR count). The van der Waals surface area contributed by atoms with Gasteiger partial charge in [-0.3, -0.25) is 9.89 Å². The van der Waals surface area contributed by atoms with Crippen molar-refractivity contribution in [3.05, 3.63) is 17.5 Å². The van der Waals surface area contributed by atoms with Gasteiger partial charge >= 0.3 is 5.97 Å². The Bertz CT molecular complexity index is 282. The van der Waals surface area contributed by atoms with Gasteiger partial charge in [-0.1, -0.05) is 0 Å². The van der Waals surface area contributed by atoms with Crippen molar-refractivity contribution in [3.8, 4) is 0 Å². The largest absolute Gasteiger partial charge is 0.480 e. The first-order valence-electron chi connectivity index (χ1n) is 3.59. The number of hydrogen-bond donors (Lipinski definition) is 3. The molecule has 0 radical (unpaired) electrons. The van der Waals surface area contributed by atoms with Crippen LogP contribution in [0.1, 0.15) is 11.4 Å². The van der Waals surface area contributed by atoms with Crippen LogP contribution in [0.15, 0.2) is 6.07 Å². The molecule has 0 saturated carbocycles. The molecule has 1 unspecified atom stereocenters. The average Bonchev–Trinajstić information content (AvgIpc) is 2.35. The number of aliphatic carboxylic acids is 1. The highest BCUT2D eigenvalue weighted by atomic mass is 16.4. The summed E-state index contributed by atoms with van der Waals surface area (Å²) in [5, 5.41) is 15.1. The molecule has 0 aromatic carbocycles. The molecule has 1 heterocycles. The van der Waals surface area contributed by atoms with Crippen molar-refractivity contribution >= 4 is 5.97 Å². The third kappa shape index (κ3) is 2.06. The highest BCUT2D eigenvalue weighted by Crippen LogP contribution is 2.00. The lowest BCUT2D eigenvalue weighted by molar-refractivity contribution is -0.138. The second kappa shape index (κ2) is 3.36. The molecule has 1 atom stereocenters. The number of rotatable bonds is 3. The molecular formula is C7H11N3O2. The molecule has 5 nitrogen and oxygen atoms in total. The van der Waals surface area contributed by atoms with Gasteiger partial charge in [-0.05, 0) is 13.0 Å².